The van der Waals surface area contributed by atoms with Gasteiger partial charge in [0.25, 0.3) is 5.91 Å². The standard InChI is InChI=1S/C23H26N2O2/c1-16-10-11-17(2)21(14-16)24-23(26)22(19-8-6-5-7-9-19)25(4)15-20-13-12-18(3)27-20/h5-14,22H,15H2,1-4H3,(H,24,26)/p+1/t22-/m0/s1. The number of benzene rings is 2. The largest absolute Gasteiger partial charge is 0.460 e. The number of quaternary nitrogens is 1. The van der Waals surface area contributed by atoms with Crippen LogP contribution in [0.1, 0.15) is 34.3 Å². The molecule has 2 aromatic carbocycles. The Morgan fingerprint density at radius 1 is 1.04 bits per heavy atom. The van der Waals surface area contributed by atoms with E-state index in [1.54, 1.807) is 0 Å². The van der Waals surface area contributed by atoms with E-state index in [-0.39, 0.29) is 11.9 Å². The van der Waals surface area contributed by atoms with E-state index in [2.05, 4.69) is 11.4 Å². The molecule has 0 radical (unpaired) electrons. The van der Waals surface area contributed by atoms with Gasteiger partial charge in [-0.05, 0) is 50.1 Å². The molecule has 0 fully saturated rings. The SMILES string of the molecule is Cc1ccc(C)c(NC(=O)[C@H](c2ccccc2)[NH+](C)Cc2ccc(C)o2)c1. The lowest BCUT2D eigenvalue weighted by molar-refractivity contribution is -0.916. The lowest BCUT2D eigenvalue weighted by Gasteiger charge is -2.24. The first-order valence-corrected chi connectivity index (χ1v) is 9.24. The van der Waals surface area contributed by atoms with Crippen molar-refractivity contribution >= 4 is 11.6 Å². The molecule has 4 heteroatoms. The number of likely N-dealkylation sites (N-methyl/N-ethyl adjacent to an activating group) is 1. The fourth-order valence-corrected chi connectivity index (χ4v) is 3.34. The van der Waals surface area contributed by atoms with Gasteiger partial charge in [-0.25, -0.2) is 0 Å². The Bertz CT molecular complexity index is 915. The molecule has 3 rings (SSSR count). The van der Waals surface area contributed by atoms with Crippen LogP contribution in [0.2, 0.25) is 0 Å². The molecule has 0 aliphatic heterocycles. The fourth-order valence-electron chi connectivity index (χ4n) is 3.34. The van der Waals surface area contributed by atoms with Crippen molar-refractivity contribution in [1.29, 1.82) is 0 Å². The molecule has 0 bridgehead atoms. The summed E-state index contributed by atoms with van der Waals surface area (Å²) in [5.74, 6) is 1.75. The van der Waals surface area contributed by atoms with Gasteiger partial charge in [0, 0.05) is 11.3 Å². The first-order chi connectivity index (χ1) is 12.9. The van der Waals surface area contributed by atoms with E-state index in [9.17, 15) is 4.79 Å². The zero-order chi connectivity index (χ0) is 19.4. The minimum atomic E-state index is -0.337. The summed E-state index contributed by atoms with van der Waals surface area (Å²) in [6, 6.07) is 19.6. The summed E-state index contributed by atoms with van der Waals surface area (Å²) in [7, 11) is 2.03. The lowest BCUT2D eigenvalue weighted by Crippen LogP contribution is -3.09. The van der Waals surface area contributed by atoms with Crippen molar-refractivity contribution in [3.8, 4) is 0 Å². The van der Waals surface area contributed by atoms with E-state index in [1.165, 1.54) is 0 Å². The van der Waals surface area contributed by atoms with Gasteiger partial charge in [-0.2, -0.15) is 0 Å². The smallest absolute Gasteiger partial charge is 0.287 e. The van der Waals surface area contributed by atoms with E-state index in [0.717, 1.165) is 38.8 Å². The summed E-state index contributed by atoms with van der Waals surface area (Å²) in [6.45, 7) is 6.60. The topological polar surface area (TPSA) is 46.7 Å². The maximum Gasteiger partial charge on any atom is 0.287 e. The lowest BCUT2D eigenvalue weighted by atomic mass is 10.0. The molecule has 0 spiro atoms. The van der Waals surface area contributed by atoms with Gasteiger partial charge in [0.1, 0.15) is 12.3 Å². The molecule has 27 heavy (non-hydrogen) atoms. The number of carbonyl (C=O) groups is 1. The molecule has 0 aliphatic rings. The van der Waals surface area contributed by atoms with Crippen molar-refractivity contribution in [1.82, 2.24) is 0 Å². The summed E-state index contributed by atoms with van der Waals surface area (Å²) in [4.78, 5) is 14.3. The van der Waals surface area contributed by atoms with Crippen molar-refractivity contribution < 1.29 is 14.1 Å². The van der Waals surface area contributed by atoms with Crippen LogP contribution < -0.4 is 10.2 Å². The van der Waals surface area contributed by atoms with Crippen LogP contribution in [0.15, 0.2) is 65.1 Å². The monoisotopic (exact) mass is 363 g/mol. The highest BCUT2D eigenvalue weighted by Gasteiger charge is 2.30. The molecule has 0 saturated heterocycles. The highest BCUT2D eigenvalue weighted by molar-refractivity contribution is 5.95. The molecule has 3 aromatic rings. The average Bonchev–Trinajstić information content (AvgIpc) is 3.04. The van der Waals surface area contributed by atoms with Gasteiger partial charge in [0.15, 0.2) is 11.8 Å². The minimum Gasteiger partial charge on any atom is -0.460 e. The van der Waals surface area contributed by atoms with Gasteiger partial charge >= 0.3 is 0 Å². The zero-order valence-electron chi connectivity index (χ0n) is 16.4. The second-order valence-corrected chi connectivity index (χ2v) is 7.19. The number of aryl methyl sites for hydroxylation is 3. The van der Waals surface area contributed by atoms with Gasteiger partial charge in [-0.1, -0.05) is 42.5 Å². The van der Waals surface area contributed by atoms with Crippen molar-refractivity contribution in [2.75, 3.05) is 12.4 Å². The Hall–Kier alpha value is -2.85. The summed E-state index contributed by atoms with van der Waals surface area (Å²) < 4.78 is 5.72. The van der Waals surface area contributed by atoms with Crippen LogP contribution in [0, 0.1) is 20.8 Å². The number of hydrogen-bond donors (Lipinski definition) is 2. The molecule has 1 unspecified atom stereocenters. The maximum atomic E-state index is 13.3. The van der Waals surface area contributed by atoms with Crippen LogP contribution >= 0.6 is 0 Å². The van der Waals surface area contributed by atoms with Crippen LogP contribution in [-0.4, -0.2) is 13.0 Å². The molecule has 1 amide bonds. The summed E-state index contributed by atoms with van der Waals surface area (Å²) >= 11 is 0. The molecular formula is C23H27N2O2+. The second kappa shape index (κ2) is 8.23. The molecule has 2 N–H and O–H groups in total. The number of furan rings is 1. The molecule has 2 atom stereocenters. The van der Waals surface area contributed by atoms with Gasteiger partial charge in [-0.15, -0.1) is 0 Å². The first kappa shape index (κ1) is 18.9. The average molecular weight is 363 g/mol. The number of amides is 1. The molecular weight excluding hydrogens is 336 g/mol. The van der Waals surface area contributed by atoms with Crippen LogP contribution in [0.25, 0.3) is 0 Å². The fraction of sp³-hybridized carbons (Fsp3) is 0.261. The van der Waals surface area contributed by atoms with Crippen molar-refractivity contribution in [2.24, 2.45) is 0 Å². The number of nitrogens with one attached hydrogen (secondary N) is 2. The number of carbonyl (C=O) groups excluding carboxylic acids is 1. The zero-order valence-corrected chi connectivity index (χ0v) is 16.4. The van der Waals surface area contributed by atoms with Crippen molar-refractivity contribution in [3.05, 3.63) is 88.9 Å². The second-order valence-electron chi connectivity index (χ2n) is 7.19. The van der Waals surface area contributed by atoms with Crippen LogP contribution in [0.4, 0.5) is 5.69 Å². The van der Waals surface area contributed by atoms with Crippen LogP contribution in [-0.2, 0) is 11.3 Å². The Balaban J connectivity index is 1.87. The number of rotatable bonds is 6. The third-order valence-corrected chi connectivity index (χ3v) is 4.79. The molecule has 1 heterocycles. The maximum absolute atomic E-state index is 13.3. The molecule has 140 valence electrons. The normalized spacial score (nSPS) is 13.2. The van der Waals surface area contributed by atoms with Crippen molar-refractivity contribution in [3.63, 3.8) is 0 Å². The van der Waals surface area contributed by atoms with Crippen molar-refractivity contribution in [2.45, 2.75) is 33.4 Å². The Morgan fingerprint density at radius 3 is 2.44 bits per heavy atom. The Morgan fingerprint density at radius 2 is 1.78 bits per heavy atom. The van der Waals surface area contributed by atoms with E-state index >= 15 is 0 Å². The molecule has 0 saturated carbocycles. The predicted octanol–water partition coefficient (Wildman–Crippen LogP) is 3.60. The van der Waals surface area contributed by atoms with E-state index in [1.807, 2.05) is 82.4 Å². The number of hydrogen-bond acceptors (Lipinski definition) is 2. The first-order valence-electron chi connectivity index (χ1n) is 9.24. The van der Waals surface area contributed by atoms with Gasteiger partial charge in [0.05, 0.1) is 7.05 Å². The predicted molar refractivity (Wildman–Crippen MR) is 108 cm³/mol. The summed E-state index contributed by atoms with van der Waals surface area (Å²) in [5.41, 5.74) is 4.03. The third kappa shape index (κ3) is 4.66. The highest BCUT2D eigenvalue weighted by atomic mass is 16.3. The minimum absolute atomic E-state index is 0.0179. The van der Waals surface area contributed by atoms with Crippen LogP contribution in [0.5, 0.6) is 0 Å². The Kier molecular flexibility index (Phi) is 5.77. The molecule has 4 nitrogen and oxygen atoms in total. The Labute approximate surface area is 160 Å². The molecule has 1 aromatic heterocycles. The van der Waals surface area contributed by atoms with E-state index < -0.39 is 0 Å². The van der Waals surface area contributed by atoms with Crippen LogP contribution in [0.3, 0.4) is 0 Å². The van der Waals surface area contributed by atoms with Gasteiger partial charge in [-0.3, -0.25) is 4.79 Å². The highest BCUT2D eigenvalue weighted by Crippen LogP contribution is 2.19. The number of anilines is 1. The summed E-state index contributed by atoms with van der Waals surface area (Å²) in [5, 5.41) is 3.13. The van der Waals surface area contributed by atoms with E-state index in [4.69, 9.17) is 4.42 Å². The van der Waals surface area contributed by atoms with Gasteiger partial charge < -0.3 is 14.6 Å². The third-order valence-electron chi connectivity index (χ3n) is 4.79. The molecule has 0 aliphatic carbocycles. The quantitative estimate of drug-likeness (QED) is 0.703. The van der Waals surface area contributed by atoms with E-state index in [0.29, 0.717) is 6.54 Å². The van der Waals surface area contributed by atoms with Gasteiger partial charge in [0.2, 0.25) is 0 Å². The summed E-state index contributed by atoms with van der Waals surface area (Å²) in [6.07, 6.45) is 0.